The molecule has 154 valence electrons. The number of oxazole rings is 1. The van der Waals surface area contributed by atoms with E-state index in [0.29, 0.717) is 38.1 Å². The van der Waals surface area contributed by atoms with Gasteiger partial charge in [0, 0.05) is 28.2 Å². The van der Waals surface area contributed by atoms with Crippen molar-refractivity contribution < 1.29 is 17.9 Å². The summed E-state index contributed by atoms with van der Waals surface area (Å²) in [6, 6.07) is 13.5. The van der Waals surface area contributed by atoms with Crippen LogP contribution >= 0.6 is 23.1 Å². The zero-order valence-corrected chi connectivity index (χ0v) is 17.0. The van der Waals surface area contributed by atoms with E-state index in [1.807, 2.05) is 0 Å². The fourth-order valence-electron chi connectivity index (χ4n) is 2.96. The molecule has 31 heavy (non-hydrogen) atoms. The first-order valence-electron chi connectivity index (χ1n) is 8.92. The largest absolute Gasteiger partial charge is 0.454 e. The molecule has 0 aliphatic rings. The van der Waals surface area contributed by atoms with Crippen LogP contribution in [0.25, 0.3) is 22.2 Å². The first-order chi connectivity index (χ1) is 15.0. The lowest BCUT2D eigenvalue weighted by Gasteiger charge is -2.12. The van der Waals surface area contributed by atoms with Crippen molar-refractivity contribution in [3.05, 3.63) is 77.6 Å². The molecule has 0 unspecified atom stereocenters. The van der Waals surface area contributed by atoms with E-state index in [0.717, 1.165) is 18.2 Å². The topological polar surface area (TPSA) is 73.1 Å². The van der Waals surface area contributed by atoms with Crippen molar-refractivity contribution >= 4 is 45.4 Å². The Kier molecular flexibility index (Phi) is 4.97. The molecule has 3 aromatic carbocycles. The molecule has 0 saturated carbocycles. The molecular weight excluding hydrogens is 446 g/mol. The first-order valence-corrected chi connectivity index (χ1v) is 10.1. The fourth-order valence-corrected chi connectivity index (χ4v) is 3.55. The van der Waals surface area contributed by atoms with Crippen LogP contribution < -0.4 is 10.1 Å². The van der Waals surface area contributed by atoms with Gasteiger partial charge in [-0.2, -0.15) is 9.36 Å². The Bertz CT molecular complexity index is 1390. The molecule has 0 aliphatic heterocycles. The number of ether oxygens (including phenoxy) is 1. The summed E-state index contributed by atoms with van der Waals surface area (Å²) in [6.07, 6.45) is 1.43. The lowest BCUT2D eigenvalue weighted by atomic mass is 10.0. The minimum Gasteiger partial charge on any atom is -0.454 e. The van der Waals surface area contributed by atoms with Crippen LogP contribution in [-0.2, 0) is 0 Å². The fraction of sp³-hybridized carbons (Fsp3) is 0. The van der Waals surface area contributed by atoms with Crippen LogP contribution in [0.1, 0.15) is 0 Å². The molecule has 0 amide bonds. The molecule has 0 bridgehead atoms. The molecule has 2 heterocycles. The average molecular weight is 457 g/mol. The van der Waals surface area contributed by atoms with Crippen molar-refractivity contribution in [2.24, 2.45) is 0 Å². The third-order valence-corrected chi connectivity index (χ3v) is 5.14. The van der Waals surface area contributed by atoms with Gasteiger partial charge in [0.15, 0.2) is 17.1 Å². The number of benzene rings is 3. The second-order valence-electron chi connectivity index (χ2n) is 6.39. The molecule has 10 heteroatoms. The average Bonchev–Trinajstić information content (AvgIpc) is 3.41. The van der Waals surface area contributed by atoms with Crippen molar-refractivity contribution in [1.29, 1.82) is 0 Å². The van der Waals surface area contributed by atoms with Crippen LogP contribution in [-0.4, -0.2) is 14.3 Å². The molecule has 1 N–H and O–H groups in total. The number of halogens is 3. The minimum atomic E-state index is -0.680. The maximum absolute atomic E-state index is 14.1. The Morgan fingerprint density at radius 1 is 1.00 bits per heavy atom. The predicted molar refractivity (Wildman–Crippen MR) is 114 cm³/mol. The van der Waals surface area contributed by atoms with E-state index in [4.69, 9.17) is 20.8 Å². The van der Waals surface area contributed by atoms with Crippen LogP contribution in [0.2, 0.25) is 5.02 Å². The highest BCUT2D eigenvalue weighted by atomic mass is 35.5. The van der Waals surface area contributed by atoms with Crippen LogP contribution in [0, 0.1) is 11.6 Å². The van der Waals surface area contributed by atoms with Gasteiger partial charge in [0.25, 0.3) is 0 Å². The van der Waals surface area contributed by atoms with Crippen LogP contribution in [0.15, 0.2) is 65.3 Å². The van der Waals surface area contributed by atoms with Gasteiger partial charge in [0.1, 0.15) is 23.4 Å². The molecule has 0 aliphatic carbocycles. The summed E-state index contributed by atoms with van der Waals surface area (Å²) in [5, 5.41) is 3.95. The standard InChI is InChI=1S/C21H11ClF2N4O2S/c22-12-2-6-17(29-18-9-13(23)3-4-15(18)24)14(8-12)11-1-5-16-19(7-11)30-20(27-16)28-21-25-10-26-31-21/h1-10H,(H,25,26,27,28). The van der Waals surface area contributed by atoms with Gasteiger partial charge in [0.05, 0.1) is 0 Å². The van der Waals surface area contributed by atoms with Crippen molar-refractivity contribution in [3.63, 3.8) is 0 Å². The molecular formula is C21H11ClF2N4O2S. The lowest BCUT2D eigenvalue weighted by molar-refractivity contribution is 0.438. The van der Waals surface area contributed by atoms with Crippen LogP contribution in [0.5, 0.6) is 11.5 Å². The number of hydrogen-bond acceptors (Lipinski definition) is 7. The van der Waals surface area contributed by atoms with E-state index in [2.05, 4.69) is 19.7 Å². The Balaban J connectivity index is 1.53. The number of fused-ring (bicyclic) bond motifs is 1. The molecule has 0 fully saturated rings. The normalized spacial score (nSPS) is 11.1. The van der Waals surface area contributed by atoms with Crippen molar-refractivity contribution in [2.45, 2.75) is 0 Å². The maximum Gasteiger partial charge on any atom is 0.302 e. The Labute approximate surface area is 183 Å². The Morgan fingerprint density at radius 3 is 2.74 bits per heavy atom. The molecule has 5 rings (SSSR count). The summed E-state index contributed by atoms with van der Waals surface area (Å²) in [5.74, 6) is -1.21. The summed E-state index contributed by atoms with van der Waals surface area (Å²) >= 11 is 7.35. The Morgan fingerprint density at radius 2 is 1.90 bits per heavy atom. The molecule has 5 aromatic rings. The highest BCUT2D eigenvalue weighted by Crippen LogP contribution is 2.38. The van der Waals surface area contributed by atoms with E-state index < -0.39 is 11.6 Å². The predicted octanol–water partition coefficient (Wildman–Crippen LogP) is 6.81. The van der Waals surface area contributed by atoms with Crippen LogP contribution in [0.3, 0.4) is 0 Å². The molecule has 6 nitrogen and oxygen atoms in total. The third kappa shape index (κ3) is 4.05. The molecule has 0 spiro atoms. The van der Waals surface area contributed by atoms with Gasteiger partial charge in [-0.3, -0.25) is 5.32 Å². The van der Waals surface area contributed by atoms with Gasteiger partial charge in [-0.05, 0) is 48.0 Å². The summed E-state index contributed by atoms with van der Waals surface area (Å²) in [7, 11) is 0. The quantitative estimate of drug-likeness (QED) is 0.313. The van der Waals surface area contributed by atoms with Gasteiger partial charge >= 0.3 is 6.01 Å². The van der Waals surface area contributed by atoms with E-state index in [9.17, 15) is 8.78 Å². The van der Waals surface area contributed by atoms with Gasteiger partial charge in [-0.15, -0.1) is 0 Å². The summed E-state index contributed by atoms with van der Waals surface area (Å²) in [5.41, 5.74) is 2.40. The zero-order chi connectivity index (χ0) is 21.4. The second kappa shape index (κ2) is 7.93. The van der Waals surface area contributed by atoms with Gasteiger partial charge in [-0.1, -0.05) is 17.7 Å². The van der Waals surface area contributed by atoms with Crippen molar-refractivity contribution in [2.75, 3.05) is 5.32 Å². The van der Waals surface area contributed by atoms with E-state index in [-0.39, 0.29) is 11.8 Å². The minimum absolute atomic E-state index is 0.229. The Hall–Kier alpha value is -3.56. The number of aromatic nitrogens is 3. The second-order valence-corrected chi connectivity index (χ2v) is 7.61. The lowest BCUT2D eigenvalue weighted by Crippen LogP contribution is -1.92. The summed E-state index contributed by atoms with van der Waals surface area (Å²) in [6.45, 7) is 0. The van der Waals surface area contributed by atoms with Crippen molar-refractivity contribution in [1.82, 2.24) is 14.3 Å². The van der Waals surface area contributed by atoms with Crippen molar-refractivity contribution in [3.8, 4) is 22.6 Å². The first kappa shape index (κ1) is 19.4. The number of rotatable bonds is 5. The highest BCUT2D eigenvalue weighted by molar-refractivity contribution is 7.09. The number of anilines is 2. The number of nitrogens with one attached hydrogen (secondary N) is 1. The highest BCUT2D eigenvalue weighted by Gasteiger charge is 2.15. The smallest absolute Gasteiger partial charge is 0.302 e. The molecule has 0 saturated heterocycles. The molecule has 0 atom stereocenters. The van der Waals surface area contributed by atoms with Gasteiger partial charge in [-0.25, -0.2) is 13.8 Å². The van der Waals surface area contributed by atoms with Gasteiger partial charge in [0.2, 0.25) is 5.13 Å². The zero-order valence-electron chi connectivity index (χ0n) is 15.5. The monoisotopic (exact) mass is 456 g/mol. The molecule has 0 radical (unpaired) electrons. The summed E-state index contributed by atoms with van der Waals surface area (Å²) < 4.78 is 43.0. The van der Waals surface area contributed by atoms with Gasteiger partial charge < -0.3 is 9.15 Å². The van der Waals surface area contributed by atoms with E-state index in [1.165, 1.54) is 17.9 Å². The molecule has 2 aromatic heterocycles. The van der Waals surface area contributed by atoms with Crippen LogP contribution in [0.4, 0.5) is 19.9 Å². The number of nitrogens with zero attached hydrogens (tertiary/aromatic N) is 3. The SMILES string of the molecule is Fc1ccc(F)c(Oc2ccc(Cl)cc2-c2ccc3nc(Nc4ncns4)oc3c2)c1. The third-order valence-electron chi connectivity index (χ3n) is 4.33. The maximum atomic E-state index is 14.1. The van der Waals surface area contributed by atoms with E-state index >= 15 is 0 Å². The van der Waals surface area contributed by atoms with E-state index in [1.54, 1.807) is 36.4 Å². The number of hydrogen-bond donors (Lipinski definition) is 1. The summed E-state index contributed by atoms with van der Waals surface area (Å²) in [4.78, 5) is 8.39.